The Kier molecular flexibility index (Phi) is 4.29. The van der Waals surface area contributed by atoms with E-state index in [0.717, 1.165) is 42.1 Å². The molecule has 1 saturated carbocycles. The van der Waals surface area contributed by atoms with Gasteiger partial charge in [-0.05, 0) is 30.5 Å². The highest BCUT2D eigenvalue weighted by Crippen LogP contribution is 2.54. The number of amides is 2. The molecule has 1 aromatic carbocycles. The molecule has 120 valence electrons. The lowest BCUT2D eigenvalue weighted by Crippen LogP contribution is -2.58. The summed E-state index contributed by atoms with van der Waals surface area (Å²) in [6, 6.07) is 9.87. The van der Waals surface area contributed by atoms with Gasteiger partial charge in [-0.2, -0.15) is 5.26 Å². The number of halogens is 1. The quantitative estimate of drug-likeness (QED) is 0.705. The third-order valence-electron chi connectivity index (χ3n) is 5.37. The molecular formula is C18H19BrN2O2. The van der Waals surface area contributed by atoms with Gasteiger partial charge in [0, 0.05) is 17.4 Å². The number of carbonyl (C=O) groups excluding carboxylic acids is 2. The average Bonchev–Trinajstić information content (AvgIpc) is 2.58. The Morgan fingerprint density at radius 3 is 2.35 bits per heavy atom. The van der Waals surface area contributed by atoms with Gasteiger partial charge in [-0.25, -0.2) is 0 Å². The predicted octanol–water partition coefficient (Wildman–Crippen LogP) is 3.62. The van der Waals surface area contributed by atoms with Crippen LogP contribution in [-0.2, 0) is 9.59 Å². The lowest BCUT2D eigenvalue weighted by Gasteiger charge is -2.49. The van der Waals surface area contributed by atoms with Crippen LogP contribution < -0.4 is 0 Å². The van der Waals surface area contributed by atoms with E-state index in [2.05, 4.69) is 22.0 Å². The Balaban J connectivity index is 2.15. The standard InChI is InChI=1S/C18H19BrN2O2/c1-21-16(22)14(11-20)15(12-5-7-13(19)8-6-12)18(17(21)23)9-3-2-4-10-18/h5-8,14-15H,2-4,9-10H2,1H3. The topological polar surface area (TPSA) is 61.2 Å². The fourth-order valence-corrected chi connectivity index (χ4v) is 4.52. The number of hydrogen-bond acceptors (Lipinski definition) is 3. The van der Waals surface area contributed by atoms with E-state index in [0.29, 0.717) is 0 Å². The van der Waals surface area contributed by atoms with Crippen molar-refractivity contribution in [2.75, 3.05) is 7.05 Å². The highest BCUT2D eigenvalue weighted by Gasteiger charge is 2.57. The van der Waals surface area contributed by atoms with Gasteiger partial charge in [0.2, 0.25) is 11.8 Å². The molecule has 4 nitrogen and oxygen atoms in total. The molecule has 23 heavy (non-hydrogen) atoms. The van der Waals surface area contributed by atoms with Gasteiger partial charge < -0.3 is 0 Å². The number of carbonyl (C=O) groups is 2. The van der Waals surface area contributed by atoms with Crippen molar-refractivity contribution in [2.24, 2.45) is 11.3 Å². The van der Waals surface area contributed by atoms with Crippen LogP contribution in [0.3, 0.4) is 0 Å². The Morgan fingerprint density at radius 2 is 1.78 bits per heavy atom. The third-order valence-corrected chi connectivity index (χ3v) is 5.90. The first kappa shape index (κ1) is 16.2. The summed E-state index contributed by atoms with van der Waals surface area (Å²) in [4.78, 5) is 26.7. The fraction of sp³-hybridized carbons (Fsp3) is 0.500. The second kappa shape index (κ2) is 6.09. The first-order valence-corrected chi connectivity index (χ1v) is 8.77. The molecule has 1 aliphatic carbocycles. The van der Waals surface area contributed by atoms with Crippen molar-refractivity contribution in [2.45, 2.75) is 38.0 Å². The maximum absolute atomic E-state index is 13.0. The summed E-state index contributed by atoms with van der Waals surface area (Å²) in [5, 5.41) is 9.65. The number of benzene rings is 1. The van der Waals surface area contributed by atoms with E-state index in [1.165, 1.54) is 11.9 Å². The molecule has 1 aromatic rings. The number of nitriles is 1. The van der Waals surface area contributed by atoms with Gasteiger partial charge in [0.05, 0.1) is 11.5 Å². The molecule has 3 rings (SSSR count). The average molecular weight is 375 g/mol. The van der Waals surface area contributed by atoms with Gasteiger partial charge in [-0.3, -0.25) is 14.5 Å². The molecule has 1 heterocycles. The Hall–Kier alpha value is -1.67. The lowest BCUT2D eigenvalue weighted by molar-refractivity contribution is -0.162. The molecule has 0 N–H and O–H groups in total. The van der Waals surface area contributed by atoms with Gasteiger partial charge in [-0.15, -0.1) is 0 Å². The largest absolute Gasteiger partial charge is 0.284 e. The molecule has 2 fully saturated rings. The number of piperidine rings is 1. The van der Waals surface area contributed by atoms with Crippen molar-refractivity contribution in [3.8, 4) is 6.07 Å². The predicted molar refractivity (Wildman–Crippen MR) is 89.3 cm³/mol. The summed E-state index contributed by atoms with van der Waals surface area (Å²) in [5.74, 6) is -1.63. The molecule has 0 aromatic heterocycles. The first-order chi connectivity index (χ1) is 11.0. The van der Waals surface area contributed by atoms with Crippen LogP contribution in [0, 0.1) is 22.7 Å². The zero-order valence-corrected chi connectivity index (χ0v) is 14.7. The van der Waals surface area contributed by atoms with Crippen LogP contribution in [0.25, 0.3) is 0 Å². The summed E-state index contributed by atoms with van der Waals surface area (Å²) >= 11 is 3.42. The minimum Gasteiger partial charge on any atom is -0.284 e. The summed E-state index contributed by atoms with van der Waals surface area (Å²) in [5.41, 5.74) is 0.297. The van der Waals surface area contributed by atoms with E-state index in [4.69, 9.17) is 0 Å². The molecule has 2 atom stereocenters. The summed E-state index contributed by atoms with van der Waals surface area (Å²) < 4.78 is 0.943. The Morgan fingerprint density at radius 1 is 1.17 bits per heavy atom. The van der Waals surface area contributed by atoms with E-state index < -0.39 is 11.3 Å². The third kappa shape index (κ3) is 2.49. The fourth-order valence-electron chi connectivity index (χ4n) is 4.26. The second-order valence-corrected chi connectivity index (χ2v) is 7.47. The number of imide groups is 1. The molecular weight excluding hydrogens is 356 g/mol. The van der Waals surface area contributed by atoms with E-state index >= 15 is 0 Å². The highest BCUT2D eigenvalue weighted by atomic mass is 79.9. The minimum atomic E-state index is -0.794. The van der Waals surface area contributed by atoms with Crippen molar-refractivity contribution in [1.82, 2.24) is 4.90 Å². The molecule has 1 aliphatic heterocycles. The molecule has 2 unspecified atom stereocenters. The lowest BCUT2D eigenvalue weighted by atomic mass is 9.57. The number of likely N-dealkylation sites (tertiary alicyclic amines) is 1. The summed E-state index contributed by atoms with van der Waals surface area (Å²) in [6.07, 6.45) is 4.56. The molecule has 2 amide bonds. The molecule has 2 aliphatic rings. The maximum Gasteiger partial charge on any atom is 0.246 e. The van der Waals surface area contributed by atoms with Gasteiger partial charge in [0.15, 0.2) is 0 Å². The second-order valence-electron chi connectivity index (χ2n) is 6.56. The van der Waals surface area contributed by atoms with Crippen LogP contribution in [0.15, 0.2) is 28.7 Å². The molecule has 0 bridgehead atoms. The zero-order valence-electron chi connectivity index (χ0n) is 13.1. The maximum atomic E-state index is 13.0. The van der Waals surface area contributed by atoms with Crippen molar-refractivity contribution in [1.29, 1.82) is 5.26 Å². The van der Waals surface area contributed by atoms with Crippen molar-refractivity contribution in [3.05, 3.63) is 34.3 Å². The molecule has 1 saturated heterocycles. The smallest absolute Gasteiger partial charge is 0.246 e. The van der Waals surface area contributed by atoms with Crippen molar-refractivity contribution < 1.29 is 9.59 Å². The number of nitrogens with zero attached hydrogens (tertiary/aromatic N) is 2. The minimum absolute atomic E-state index is 0.110. The number of rotatable bonds is 1. The normalized spacial score (nSPS) is 27.1. The molecule has 5 heteroatoms. The van der Waals surface area contributed by atoms with Crippen LogP contribution in [0.2, 0.25) is 0 Å². The molecule has 1 spiro atoms. The zero-order chi connectivity index (χ0) is 16.6. The van der Waals surface area contributed by atoms with Gasteiger partial charge in [0.25, 0.3) is 0 Å². The van der Waals surface area contributed by atoms with Crippen molar-refractivity contribution >= 4 is 27.7 Å². The van der Waals surface area contributed by atoms with Crippen LogP contribution in [0.4, 0.5) is 0 Å². The van der Waals surface area contributed by atoms with E-state index in [9.17, 15) is 14.9 Å². The molecule has 0 radical (unpaired) electrons. The van der Waals surface area contributed by atoms with E-state index in [-0.39, 0.29) is 17.7 Å². The Labute approximate surface area is 144 Å². The van der Waals surface area contributed by atoms with Crippen LogP contribution >= 0.6 is 15.9 Å². The summed E-state index contributed by atoms with van der Waals surface area (Å²) in [6.45, 7) is 0. The van der Waals surface area contributed by atoms with Crippen LogP contribution in [0.5, 0.6) is 0 Å². The Bertz CT molecular complexity index is 671. The highest BCUT2D eigenvalue weighted by molar-refractivity contribution is 9.10. The number of hydrogen-bond donors (Lipinski definition) is 0. The van der Waals surface area contributed by atoms with Crippen LogP contribution in [0.1, 0.15) is 43.6 Å². The van der Waals surface area contributed by atoms with Gasteiger partial charge in [-0.1, -0.05) is 47.3 Å². The summed E-state index contributed by atoms with van der Waals surface area (Å²) in [7, 11) is 1.52. The van der Waals surface area contributed by atoms with Gasteiger partial charge in [0.1, 0.15) is 5.92 Å². The first-order valence-electron chi connectivity index (χ1n) is 7.98. The van der Waals surface area contributed by atoms with E-state index in [1.807, 2.05) is 24.3 Å². The SMILES string of the molecule is CN1C(=O)C(C#N)C(c2ccc(Br)cc2)C2(CCCCC2)C1=O. The van der Waals surface area contributed by atoms with Crippen LogP contribution in [-0.4, -0.2) is 23.8 Å². The van der Waals surface area contributed by atoms with Gasteiger partial charge >= 0.3 is 0 Å². The monoisotopic (exact) mass is 374 g/mol. The van der Waals surface area contributed by atoms with E-state index in [1.54, 1.807) is 0 Å². The van der Waals surface area contributed by atoms with Crippen molar-refractivity contribution in [3.63, 3.8) is 0 Å².